The van der Waals surface area contributed by atoms with Crippen molar-refractivity contribution >= 4 is 23.2 Å². The summed E-state index contributed by atoms with van der Waals surface area (Å²) in [4.78, 5) is 15.6. The van der Waals surface area contributed by atoms with Crippen molar-refractivity contribution in [2.24, 2.45) is 0 Å². The highest BCUT2D eigenvalue weighted by atomic mass is 35.5. The molecule has 1 aromatic rings. The SMILES string of the molecule is O=C(CNc1ccnc(Cl)c1)NC1CCCCC1. The van der Waals surface area contributed by atoms with Gasteiger partial charge in [0.1, 0.15) is 5.15 Å². The molecule has 1 amide bonds. The topological polar surface area (TPSA) is 54.0 Å². The average molecular weight is 268 g/mol. The highest BCUT2D eigenvalue weighted by molar-refractivity contribution is 6.29. The smallest absolute Gasteiger partial charge is 0.239 e. The number of pyridine rings is 1. The molecule has 18 heavy (non-hydrogen) atoms. The Morgan fingerprint density at radius 1 is 1.39 bits per heavy atom. The first-order valence-corrected chi connectivity index (χ1v) is 6.76. The molecule has 1 heterocycles. The molecule has 0 aliphatic heterocycles. The fourth-order valence-electron chi connectivity index (χ4n) is 2.22. The van der Waals surface area contributed by atoms with Gasteiger partial charge in [-0.15, -0.1) is 0 Å². The molecule has 0 aromatic carbocycles. The van der Waals surface area contributed by atoms with Gasteiger partial charge in [-0.05, 0) is 25.0 Å². The van der Waals surface area contributed by atoms with E-state index in [1.807, 2.05) is 0 Å². The zero-order chi connectivity index (χ0) is 12.8. The largest absolute Gasteiger partial charge is 0.376 e. The summed E-state index contributed by atoms with van der Waals surface area (Å²) in [5, 5.41) is 6.52. The number of amides is 1. The molecule has 4 nitrogen and oxygen atoms in total. The average Bonchev–Trinajstić information content (AvgIpc) is 2.38. The molecule has 1 saturated carbocycles. The second-order valence-electron chi connectivity index (χ2n) is 4.62. The molecule has 5 heteroatoms. The number of nitrogens with zero attached hydrogens (tertiary/aromatic N) is 1. The monoisotopic (exact) mass is 267 g/mol. The van der Waals surface area contributed by atoms with Gasteiger partial charge in [0.05, 0.1) is 6.54 Å². The molecule has 0 saturated heterocycles. The molecule has 1 fully saturated rings. The van der Waals surface area contributed by atoms with Crippen LogP contribution in [-0.2, 0) is 4.79 Å². The lowest BCUT2D eigenvalue weighted by molar-refractivity contribution is -0.120. The molecule has 1 aromatic heterocycles. The predicted octanol–water partition coefficient (Wildman–Crippen LogP) is 2.60. The van der Waals surface area contributed by atoms with Gasteiger partial charge in [-0.25, -0.2) is 4.98 Å². The van der Waals surface area contributed by atoms with Crippen LogP contribution in [0.4, 0.5) is 5.69 Å². The van der Waals surface area contributed by atoms with Crippen LogP contribution in [0.2, 0.25) is 5.15 Å². The predicted molar refractivity (Wildman–Crippen MR) is 72.8 cm³/mol. The number of anilines is 1. The van der Waals surface area contributed by atoms with E-state index in [0.29, 0.717) is 11.2 Å². The summed E-state index contributed by atoms with van der Waals surface area (Å²) in [5.41, 5.74) is 0.814. The van der Waals surface area contributed by atoms with Gasteiger partial charge in [0.25, 0.3) is 0 Å². The lowest BCUT2D eigenvalue weighted by Gasteiger charge is -2.22. The van der Waals surface area contributed by atoms with Gasteiger partial charge >= 0.3 is 0 Å². The standard InChI is InChI=1S/C13H18ClN3O/c14-12-8-11(6-7-15-12)16-9-13(18)17-10-4-2-1-3-5-10/h6-8,10H,1-5,9H2,(H,15,16)(H,17,18). The van der Waals surface area contributed by atoms with E-state index < -0.39 is 0 Å². The number of carbonyl (C=O) groups excluding carboxylic acids is 1. The van der Waals surface area contributed by atoms with E-state index in [0.717, 1.165) is 18.5 Å². The van der Waals surface area contributed by atoms with Crippen LogP contribution in [-0.4, -0.2) is 23.5 Å². The maximum atomic E-state index is 11.7. The Bertz CT molecular complexity index is 405. The Kier molecular flexibility index (Phi) is 4.81. The Hall–Kier alpha value is -1.29. The summed E-state index contributed by atoms with van der Waals surface area (Å²) in [6, 6.07) is 3.85. The summed E-state index contributed by atoms with van der Waals surface area (Å²) in [6.07, 6.45) is 7.56. The maximum absolute atomic E-state index is 11.7. The Labute approximate surface area is 112 Å². The van der Waals surface area contributed by atoms with E-state index in [2.05, 4.69) is 15.6 Å². The fraction of sp³-hybridized carbons (Fsp3) is 0.538. The zero-order valence-electron chi connectivity index (χ0n) is 10.3. The van der Waals surface area contributed by atoms with Crippen LogP contribution < -0.4 is 10.6 Å². The highest BCUT2D eigenvalue weighted by Gasteiger charge is 2.15. The van der Waals surface area contributed by atoms with Gasteiger partial charge in [0, 0.05) is 17.9 Å². The second kappa shape index (κ2) is 6.59. The molecule has 2 N–H and O–H groups in total. The molecular formula is C13H18ClN3O. The Morgan fingerprint density at radius 3 is 2.89 bits per heavy atom. The highest BCUT2D eigenvalue weighted by Crippen LogP contribution is 2.17. The van der Waals surface area contributed by atoms with Crippen LogP contribution >= 0.6 is 11.6 Å². The summed E-state index contributed by atoms with van der Waals surface area (Å²) in [7, 11) is 0. The molecule has 0 atom stereocenters. The summed E-state index contributed by atoms with van der Waals surface area (Å²) >= 11 is 5.76. The third-order valence-electron chi connectivity index (χ3n) is 3.15. The number of halogens is 1. The first-order valence-electron chi connectivity index (χ1n) is 6.39. The number of hydrogen-bond acceptors (Lipinski definition) is 3. The minimum atomic E-state index is 0.0369. The van der Waals surface area contributed by atoms with Crippen molar-refractivity contribution in [2.75, 3.05) is 11.9 Å². The minimum Gasteiger partial charge on any atom is -0.376 e. The maximum Gasteiger partial charge on any atom is 0.239 e. The first kappa shape index (κ1) is 13.1. The molecule has 0 unspecified atom stereocenters. The number of rotatable bonds is 4. The van der Waals surface area contributed by atoms with Crippen LogP contribution in [0.15, 0.2) is 18.3 Å². The zero-order valence-corrected chi connectivity index (χ0v) is 11.0. The third kappa shape index (κ3) is 4.18. The fourth-order valence-corrected chi connectivity index (χ4v) is 2.39. The number of hydrogen-bond donors (Lipinski definition) is 2. The van der Waals surface area contributed by atoms with Gasteiger partial charge < -0.3 is 10.6 Å². The Balaban J connectivity index is 1.74. The summed E-state index contributed by atoms with van der Waals surface area (Å²) in [6.45, 7) is 0.275. The Morgan fingerprint density at radius 2 is 2.17 bits per heavy atom. The van der Waals surface area contributed by atoms with Gasteiger partial charge in [-0.2, -0.15) is 0 Å². The van der Waals surface area contributed by atoms with E-state index in [-0.39, 0.29) is 12.5 Å². The van der Waals surface area contributed by atoms with Crippen molar-refractivity contribution in [2.45, 2.75) is 38.1 Å². The van der Waals surface area contributed by atoms with Crippen molar-refractivity contribution in [3.8, 4) is 0 Å². The van der Waals surface area contributed by atoms with Crippen molar-refractivity contribution in [3.63, 3.8) is 0 Å². The third-order valence-corrected chi connectivity index (χ3v) is 3.36. The quantitative estimate of drug-likeness (QED) is 0.825. The van der Waals surface area contributed by atoms with Crippen LogP contribution in [0.3, 0.4) is 0 Å². The van der Waals surface area contributed by atoms with E-state index in [9.17, 15) is 4.79 Å². The molecule has 0 bridgehead atoms. The van der Waals surface area contributed by atoms with Crippen LogP contribution in [0.25, 0.3) is 0 Å². The van der Waals surface area contributed by atoms with Gasteiger partial charge in [-0.3, -0.25) is 4.79 Å². The number of aromatic nitrogens is 1. The molecule has 1 aliphatic rings. The van der Waals surface area contributed by atoms with Gasteiger partial charge in [-0.1, -0.05) is 30.9 Å². The van der Waals surface area contributed by atoms with E-state index in [4.69, 9.17) is 11.6 Å². The van der Waals surface area contributed by atoms with Crippen LogP contribution in [0.1, 0.15) is 32.1 Å². The molecule has 0 radical (unpaired) electrons. The summed E-state index contributed by atoms with van der Waals surface area (Å²) < 4.78 is 0. The van der Waals surface area contributed by atoms with Crippen molar-refractivity contribution in [1.82, 2.24) is 10.3 Å². The van der Waals surface area contributed by atoms with Crippen LogP contribution in [0.5, 0.6) is 0 Å². The molecule has 2 rings (SSSR count). The van der Waals surface area contributed by atoms with Crippen molar-refractivity contribution in [1.29, 1.82) is 0 Å². The minimum absolute atomic E-state index is 0.0369. The molecule has 98 valence electrons. The van der Waals surface area contributed by atoms with Crippen LogP contribution in [0, 0.1) is 0 Å². The lowest BCUT2D eigenvalue weighted by Crippen LogP contribution is -2.39. The molecule has 0 spiro atoms. The summed E-state index contributed by atoms with van der Waals surface area (Å²) in [5.74, 6) is 0.0369. The second-order valence-corrected chi connectivity index (χ2v) is 5.01. The normalized spacial score (nSPS) is 16.3. The lowest BCUT2D eigenvalue weighted by atomic mass is 9.95. The van der Waals surface area contributed by atoms with E-state index >= 15 is 0 Å². The van der Waals surface area contributed by atoms with Crippen molar-refractivity contribution < 1.29 is 4.79 Å². The van der Waals surface area contributed by atoms with Gasteiger partial charge in [0.15, 0.2) is 0 Å². The first-order chi connectivity index (χ1) is 8.74. The van der Waals surface area contributed by atoms with Crippen molar-refractivity contribution in [3.05, 3.63) is 23.5 Å². The molecular weight excluding hydrogens is 250 g/mol. The van der Waals surface area contributed by atoms with E-state index in [1.54, 1.807) is 18.3 Å². The van der Waals surface area contributed by atoms with E-state index in [1.165, 1.54) is 19.3 Å². The molecule has 1 aliphatic carbocycles. The van der Waals surface area contributed by atoms with Gasteiger partial charge in [0.2, 0.25) is 5.91 Å². The number of nitrogens with one attached hydrogen (secondary N) is 2. The number of carbonyl (C=O) groups is 1.